The summed E-state index contributed by atoms with van der Waals surface area (Å²) in [5, 5.41) is 0. The molecule has 0 aliphatic carbocycles. The van der Waals surface area contributed by atoms with Gasteiger partial charge in [0.15, 0.2) is 0 Å². The second kappa shape index (κ2) is 21.6. The van der Waals surface area contributed by atoms with Gasteiger partial charge in [-0.2, -0.15) is 0 Å². The third-order valence-corrected chi connectivity index (χ3v) is 6.12. The topological polar surface area (TPSA) is 52.6 Å². The largest absolute Gasteiger partial charge is 0.466 e. The Hall–Kier alpha value is -1.91. The molecule has 0 saturated carbocycles. The molecule has 34 heavy (non-hydrogen) atoms. The zero-order valence-electron chi connectivity index (χ0n) is 21.5. The smallest absolute Gasteiger partial charge is 0.305 e. The second-order valence-electron chi connectivity index (χ2n) is 9.23. The number of hydrogen-bond donors (Lipinski definition) is 0. The summed E-state index contributed by atoms with van der Waals surface area (Å²) in [5.74, 6) is -0.912. The number of halogens is 1. The van der Waals surface area contributed by atoms with Crippen molar-refractivity contribution in [2.75, 3.05) is 13.2 Å². The summed E-state index contributed by atoms with van der Waals surface area (Å²) < 4.78 is 23.9. The molecule has 1 rings (SSSR count). The molecule has 0 unspecified atom stereocenters. The van der Waals surface area contributed by atoms with E-state index in [1.807, 2.05) is 0 Å². The van der Waals surface area contributed by atoms with Gasteiger partial charge < -0.3 is 9.47 Å². The summed E-state index contributed by atoms with van der Waals surface area (Å²) in [7, 11) is 0. The van der Waals surface area contributed by atoms with Crippen LogP contribution in [0.4, 0.5) is 4.39 Å². The third kappa shape index (κ3) is 17.6. The number of ether oxygens (including phenoxy) is 2. The van der Waals surface area contributed by atoms with Crippen LogP contribution in [0.25, 0.3) is 0 Å². The van der Waals surface area contributed by atoms with Gasteiger partial charge in [-0.25, -0.2) is 4.39 Å². The van der Waals surface area contributed by atoms with Crippen molar-refractivity contribution in [1.29, 1.82) is 0 Å². The highest BCUT2D eigenvalue weighted by Crippen LogP contribution is 2.13. The van der Waals surface area contributed by atoms with Crippen molar-refractivity contribution in [1.82, 2.24) is 0 Å². The Balaban J connectivity index is 1.83. The molecule has 0 bridgehead atoms. The van der Waals surface area contributed by atoms with Crippen LogP contribution in [0, 0.1) is 5.82 Å². The Morgan fingerprint density at radius 1 is 0.647 bits per heavy atom. The summed E-state index contributed by atoms with van der Waals surface area (Å²) in [6.45, 7) is 2.87. The van der Waals surface area contributed by atoms with Crippen LogP contribution in [0.2, 0.25) is 0 Å². The van der Waals surface area contributed by atoms with E-state index in [9.17, 15) is 14.0 Å². The second-order valence-corrected chi connectivity index (χ2v) is 9.23. The zero-order chi connectivity index (χ0) is 24.7. The van der Waals surface area contributed by atoms with E-state index in [1.165, 1.54) is 83.1 Å². The molecule has 0 atom stereocenters. The Bertz CT molecular complexity index is 647. The SMILES string of the molecule is CCCCCCCCCCCCCCCCOC(=O)CCCC(=O)OCCc1ccccc1F. The first-order chi connectivity index (χ1) is 16.6. The van der Waals surface area contributed by atoms with Gasteiger partial charge in [-0.05, 0) is 24.5 Å². The van der Waals surface area contributed by atoms with Gasteiger partial charge >= 0.3 is 11.9 Å². The minimum atomic E-state index is -0.365. The van der Waals surface area contributed by atoms with Crippen molar-refractivity contribution < 1.29 is 23.5 Å². The lowest BCUT2D eigenvalue weighted by Gasteiger charge is -2.07. The molecule has 0 saturated heterocycles. The van der Waals surface area contributed by atoms with Gasteiger partial charge in [0, 0.05) is 19.3 Å². The predicted molar refractivity (Wildman–Crippen MR) is 136 cm³/mol. The number of rotatable bonds is 22. The first-order valence-corrected chi connectivity index (χ1v) is 13.7. The number of carbonyl (C=O) groups excluding carboxylic acids is 2. The maximum absolute atomic E-state index is 13.5. The van der Waals surface area contributed by atoms with Gasteiger partial charge in [-0.3, -0.25) is 9.59 Å². The highest BCUT2D eigenvalue weighted by Gasteiger charge is 2.08. The van der Waals surface area contributed by atoms with E-state index in [-0.39, 0.29) is 37.2 Å². The number of benzene rings is 1. The van der Waals surface area contributed by atoms with Crippen molar-refractivity contribution in [2.45, 2.75) is 122 Å². The number of esters is 2. The molecule has 4 nitrogen and oxygen atoms in total. The molecule has 0 radical (unpaired) electrons. The fourth-order valence-corrected chi connectivity index (χ4v) is 3.98. The van der Waals surface area contributed by atoms with Crippen molar-refractivity contribution in [3.05, 3.63) is 35.6 Å². The summed E-state index contributed by atoms with van der Waals surface area (Å²) >= 11 is 0. The zero-order valence-corrected chi connectivity index (χ0v) is 21.5. The fourth-order valence-electron chi connectivity index (χ4n) is 3.98. The predicted octanol–water partition coefficient (Wildman–Crippen LogP) is 8.11. The highest BCUT2D eigenvalue weighted by molar-refractivity contribution is 5.72. The Labute approximate surface area is 207 Å². The molecular formula is C29H47FO4. The van der Waals surface area contributed by atoms with Gasteiger partial charge in [0.25, 0.3) is 0 Å². The molecule has 0 aliphatic heterocycles. The third-order valence-electron chi connectivity index (χ3n) is 6.12. The van der Waals surface area contributed by atoms with Crippen LogP contribution in [0.3, 0.4) is 0 Å². The minimum absolute atomic E-state index is 0.142. The molecule has 5 heteroatoms. The molecule has 0 spiro atoms. The van der Waals surface area contributed by atoms with Crippen LogP contribution in [-0.2, 0) is 25.5 Å². The summed E-state index contributed by atoms with van der Waals surface area (Å²) in [5.41, 5.74) is 0.530. The summed E-state index contributed by atoms with van der Waals surface area (Å²) in [4.78, 5) is 23.5. The van der Waals surface area contributed by atoms with E-state index in [1.54, 1.807) is 18.2 Å². The number of unbranched alkanes of at least 4 members (excludes halogenated alkanes) is 13. The van der Waals surface area contributed by atoms with Crippen molar-refractivity contribution in [2.24, 2.45) is 0 Å². The van der Waals surface area contributed by atoms with Crippen LogP contribution in [0.1, 0.15) is 122 Å². The van der Waals surface area contributed by atoms with E-state index in [4.69, 9.17) is 9.47 Å². The van der Waals surface area contributed by atoms with Crippen LogP contribution in [0.15, 0.2) is 24.3 Å². The molecule has 1 aromatic carbocycles. The van der Waals surface area contributed by atoms with Crippen LogP contribution in [-0.4, -0.2) is 25.2 Å². The quantitative estimate of drug-likeness (QED) is 0.125. The van der Waals surface area contributed by atoms with Crippen molar-refractivity contribution in [3.63, 3.8) is 0 Å². The first kappa shape index (κ1) is 30.1. The van der Waals surface area contributed by atoms with Crippen molar-refractivity contribution >= 4 is 11.9 Å². The lowest BCUT2D eigenvalue weighted by atomic mass is 10.0. The molecule has 0 fully saturated rings. The maximum Gasteiger partial charge on any atom is 0.305 e. The van der Waals surface area contributed by atoms with E-state index in [2.05, 4.69) is 6.92 Å². The molecule has 194 valence electrons. The van der Waals surface area contributed by atoms with Crippen LogP contribution < -0.4 is 0 Å². The van der Waals surface area contributed by atoms with Crippen LogP contribution in [0.5, 0.6) is 0 Å². The normalized spacial score (nSPS) is 10.9. The monoisotopic (exact) mass is 478 g/mol. The van der Waals surface area contributed by atoms with Gasteiger partial charge in [-0.15, -0.1) is 0 Å². The number of carbonyl (C=O) groups is 2. The molecule has 0 aliphatic rings. The van der Waals surface area contributed by atoms with Gasteiger partial charge in [-0.1, -0.05) is 109 Å². The van der Waals surface area contributed by atoms with Gasteiger partial charge in [0.1, 0.15) is 5.82 Å². The highest BCUT2D eigenvalue weighted by atomic mass is 19.1. The fraction of sp³-hybridized carbons (Fsp3) is 0.724. The average molecular weight is 479 g/mol. The molecular weight excluding hydrogens is 431 g/mol. The summed E-state index contributed by atoms with van der Waals surface area (Å²) in [6, 6.07) is 6.45. The molecule has 0 amide bonds. The first-order valence-electron chi connectivity index (χ1n) is 13.7. The van der Waals surface area contributed by atoms with Gasteiger partial charge in [0.05, 0.1) is 13.2 Å². The summed E-state index contributed by atoms with van der Waals surface area (Å²) in [6.07, 6.45) is 19.3. The van der Waals surface area contributed by atoms with E-state index in [0.717, 1.165) is 12.8 Å². The Morgan fingerprint density at radius 2 is 1.12 bits per heavy atom. The van der Waals surface area contributed by atoms with E-state index < -0.39 is 0 Å². The molecule has 0 heterocycles. The maximum atomic E-state index is 13.5. The molecule has 0 N–H and O–H groups in total. The lowest BCUT2D eigenvalue weighted by Crippen LogP contribution is -2.10. The van der Waals surface area contributed by atoms with Gasteiger partial charge in [0.2, 0.25) is 0 Å². The Kier molecular flexibility index (Phi) is 19.1. The Morgan fingerprint density at radius 3 is 1.65 bits per heavy atom. The van der Waals surface area contributed by atoms with E-state index >= 15 is 0 Å². The lowest BCUT2D eigenvalue weighted by molar-refractivity contribution is -0.145. The minimum Gasteiger partial charge on any atom is -0.466 e. The molecule has 1 aromatic rings. The molecule has 0 aromatic heterocycles. The number of hydrogen-bond acceptors (Lipinski definition) is 4. The van der Waals surface area contributed by atoms with Crippen LogP contribution >= 0.6 is 0 Å². The van der Waals surface area contributed by atoms with E-state index in [0.29, 0.717) is 25.0 Å². The average Bonchev–Trinajstić information content (AvgIpc) is 2.83. The van der Waals surface area contributed by atoms with Crippen molar-refractivity contribution in [3.8, 4) is 0 Å². The standard InChI is InChI=1S/C29H47FO4/c1-2-3-4-5-6-7-8-9-10-11-12-13-14-17-24-33-28(31)21-18-22-29(32)34-25-23-26-19-15-16-20-27(26)30/h15-16,19-20H,2-14,17-18,21-25H2,1H3.